The van der Waals surface area contributed by atoms with Crippen LogP contribution in [0.4, 0.5) is 11.4 Å². The van der Waals surface area contributed by atoms with Crippen molar-refractivity contribution in [3.63, 3.8) is 0 Å². The molecule has 4 N–H and O–H groups in total. The molecule has 2 aromatic carbocycles. The smallest absolute Gasteiger partial charge is 0.119 e. The highest BCUT2D eigenvalue weighted by molar-refractivity contribution is 7.57. The second-order valence-corrected chi connectivity index (χ2v) is 12.7. The van der Waals surface area contributed by atoms with E-state index >= 15 is 0 Å². The van der Waals surface area contributed by atoms with Crippen LogP contribution in [0.3, 0.4) is 0 Å². The molecule has 4 aliphatic rings. The van der Waals surface area contributed by atoms with Crippen LogP contribution in [0.25, 0.3) is 11.1 Å². The van der Waals surface area contributed by atoms with Crippen LogP contribution >= 0.6 is 0 Å². The zero-order valence-electron chi connectivity index (χ0n) is 24.9. The number of hydrogen-bond donors (Lipinski definition) is 2. The van der Waals surface area contributed by atoms with Crippen molar-refractivity contribution in [2.75, 3.05) is 36.0 Å². The summed E-state index contributed by atoms with van der Waals surface area (Å²) in [6, 6.07) is 13.5. The van der Waals surface area contributed by atoms with Gasteiger partial charge in [0, 0.05) is 48.7 Å². The first-order valence-corrected chi connectivity index (χ1v) is 16.7. The largest absolute Gasteiger partial charge is 0.397 e. The predicted molar refractivity (Wildman–Crippen MR) is 175 cm³/mol. The summed E-state index contributed by atoms with van der Waals surface area (Å²) in [4.78, 5) is 5.14. The SMILES string of the molecule is CCCCCN1CCCc2cc(C3=C(N)C(N)=C(c4ccc5c(c4)CCCN5CCCCC)C4N=S=NC34)ccc21. The Bertz CT molecular complexity index is 1310. The van der Waals surface area contributed by atoms with Gasteiger partial charge in [-0.2, -0.15) is 0 Å². The fourth-order valence-corrected chi connectivity index (χ4v) is 7.88. The van der Waals surface area contributed by atoms with Crippen molar-refractivity contribution in [2.24, 2.45) is 20.2 Å². The maximum absolute atomic E-state index is 6.92. The van der Waals surface area contributed by atoms with Crippen LogP contribution in [0.5, 0.6) is 0 Å². The lowest BCUT2D eigenvalue weighted by molar-refractivity contribution is 0.637. The number of nitrogens with zero attached hydrogens (tertiary/aromatic N) is 4. The summed E-state index contributed by atoms with van der Waals surface area (Å²) < 4.78 is 9.80. The Kier molecular flexibility index (Phi) is 8.52. The third kappa shape index (κ3) is 5.45. The molecule has 41 heavy (non-hydrogen) atoms. The van der Waals surface area contributed by atoms with E-state index in [0.717, 1.165) is 61.3 Å². The van der Waals surface area contributed by atoms with Gasteiger partial charge >= 0.3 is 0 Å². The van der Waals surface area contributed by atoms with Crippen molar-refractivity contribution in [3.8, 4) is 0 Å². The molecule has 0 aromatic heterocycles. The summed E-state index contributed by atoms with van der Waals surface area (Å²) in [5, 5.41) is 0. The molecule has 2 unspecified atom stereocenters. The van der Waals surface area contributed by atoms with Gasteiger partial charge in [0.2, 0.25) is 0 Å². The summed E-state index contributed by atoms with van der Waals surface area (Å²) in [5.41, 5.74) is 25.1. The predicted octanol–water partition coefficient (Wildman–Crippen LogP) is 6.83. The molecule has 0 saturated carbocycles. The topological polar surface area (TPSA) is 83.2 Å². The summed E-state index contributed by atoms with van der Waals surface area (Å²) in [6.45, 7) is 9.10. The van der Waals surface area contributed by atoms with E-state index in [9.17, 15) is 0 Å². The number of nitrogens with two attached hydrogens (primary N) is 2. The van der Waals surface area contributed by atoms with E-state index in [0.29, 0.717) is 11.4 Å². The maximum atomic E-state index is 6.92. The molecule has 0 amide bonds. The van der Waals surface area contributed by atoms with Crippen LogP contribution in [0.1, 0.15) is 87.5 Å². The first kappa shape index (κ1) is 28.1. The van der Waals surface area contributed by atoms with Crippen molar-refractivity contribution >= 4 is 33.9 Å². The van der Waals surface area contributed by atoms with E-state index in [1.54, 1.807) is 0 Å². The van der Waals surface area contributed by atoms with E-state index in [1.165, 1.54) is 85.2 Å². The van der Waals surface area contributed by atoms with Crippen molar-refractivity contribution in [1.29, 1.82) is 0 Å². The lowest BCUT2D eigenvalue weighted by atomic mass is 9.79. The van der Waals surface area contributed by atoms with Crippen LogP contribution in [-0.4, -0.2) is 38.3 Å². The van der Waals surface area contributed by atoms with Gasteiger partial charge < -0.3 is 21.3 Å². The quantitative estimate of drug-likeness (QED) is 0.307. The molecule has 3 heterocycles. The summed E-state index contributed by atoms with van der Waals surface area (Å²) in [7, 11) is 0. The Morgan fingerprint density at radius 3 is 1.61 bits per heavy atom. The third-order valence-corrected chi connectivity index (χ3v) is 10.00. The zero-order chi connectivity index (χ0) is 28.3. The van der Waals surface area contributed by atoms with Crippen LogP contribution in [0.2, 0.25) is 0 Å². The Labute approximate surface area is 249 Å². The van der Waals surface area contributed by atoms with E-state index in [1.807, 2.05) is 0 Å². The maximum Gasteiger partial charge on any atom is 0.119 e. The molecular weight excluding hydrogens is 524 g/mol. The van der Waals surface area contributed by atoms with Crippen molar-refractivity contribution in [2.45, 2.75) is 90.1 Å². The average Bonchev–Trinajstić information content (AvgIpc) is 3.46. The van der Waals surface area contributed by atoms with Gasteiger partial charge in [0.25, 0.3) is 0 Å². The number of anilines is 2. The number of benzene rings is 2. The molecule has 0 saturated heterocycles. The van der Waals surface area contributed by atoms with E-state index in [4.69, 9.17) is 20.2 Å². The van der Waals surface area contributed by atoms with E-state index in [2.05, 4.69) is 60.0 Å². The fraction of sp³-hybridized carbons (Fsp3) is 0.529. The minimum absolute atomic E-state index is 0.119. The Morgan fingerprint density at radius 2 is 1.17 bits per heavy atom. The zero-order valence-corrected chi connectivity index (χ0v) is 25.7. The molecule has 6 rings (SSSR count). The summed E-state index contributed by atoms with van der Waals surface area (Å²) >= 11 is 1.32. The first-order valence-electron chi connectivity index (χ1n) is 15.9. The molecule has 0 spiro atoms. The molecule has 218 valence electrons. The van der Waals surface area contributed by atoms with Gasteiger partial charge in [0.1, 0.15) is 12.1 Å². The highest BCUT2D eigenvalue weighted by Gasteiger charge is 2.40. The highest BCUT2D eigenvalue weighted by Crippen LogP contribution is 2.44. The summed E-state index contributed by atoms with van der Waals surface area (Å²) in [5.74, 6) is 0. The standard InChI is InChI=1S/C34H46N6S/c1-3-5-7-17-39-19-9-11-23-21-25(13-15-27(23)39)29-31(35)32(36)30(34-33(29)37-41-38-34)26-14-16-28-24(22-26)12-10-20-40(28)18-8-6-4-2/h13-16,21-22,33-34H,3-12,17-20,35-36H2,1-2H3. The molecule has 0 fully saturated rings. The second-order valence-electron chi connectivity index (χ2n) is 12.1. The third-order valence-electron chi connectivity index (χ3n) is 9.36. The monoisotopic (exact) mass is 570 g/mol. The van der Waals surface area contributed by atoms with E-state index < -0.39 is 0 Å². The van der Waals surface area contributed by atoms with Crippen molar-refractivity contribution in [3.05, 3.63) is 70.0 Å². The molecule has 1 aliphatic carbocycles. The Morgan fingerprint density at radius 1 is 0.707 bits per heavy atom. The number of unbranched alkanes of at least 4 members (excludes halogenated alkanes) is 4. The number of fused-ring (bicyclic) bond motifs is 3. The average molecular weight is 571 g/mol. The van der Waals surface area contributed by atoms with Crippen molar-refractivity contribution < 1.29 is 0 Å². The highest BCUT2D eigenvalue weighted by atomic mass is 32.1. The van der Waals surface area contributed by atoms with Gasteiger partial charge in [-0.15, -0.1) is 0 Å². The minimum Gasteiger partial charge on any atom is -0.397 e. The second kappa shape index (κ2) is 12.4. The minimum atomic E-state index is -0.119. The Balaban J connectivity index is 1.33. The van der Waals surface area contributed by atoms with Crippen LogP contribution in [0.15, 0.2) is 56.5 Å². The van der Waals surface area contributed by atoms with Crippen LogP contribution < -0.4 is 21.3 Å². The molecular formula is C34H46N6S. The molecule has 2 aromatic rings. The van der Waals surface area contributed by atoms with E-state index in [-0.39, 0.29) is 12.1 Å². The Hall–Kier alpha value is -3.06. The van der Waals surface area contributed by atoms with Crippen molar-refractivity contribution in [1.82, 2.24) is 0 Å². The number of rotatable bonds is 10. The summed E-state index contributed by atoms with van der Waals surface area (Å²) in [6.07, 6.45) is 12.2. The van der Waals surface area contributed by atoms with Crippen LogP contribution in [-0.2, 0) is 24.2 Å². The molecule has 6 nitrogen and oxygen atoms in total. The lowest BCUT2D eigenvalue weighted by Crippen LogP contribution is -2.34. The van der Waals surface area contributed by atoms with Gasteiger partial charge in [-0.3, -0.25) is 0 Å². The number of aryl methyl sites for hydroxylation is 2. The molecule has 0 radical (unpaired) electrons. The number of hydrogen-bond acceptors (Lipinski definition) is 6. The molecule has 2 atom stereocenters. The lowest BCUT2D eigenvalue weighted by Gasteiger charge is -2.34. The van der Waals surface area contributed by atoms with Gasteiger partial charge in [0.15, 0.2) is 0 Å². The van der Waals surface area contributed by atoms with Gasteiger partial charge in [-0.05, 0) is 85.0 Å². The van der Waals surface area contributed by atoms with Gasteiger partial charge in [-0.1, -0.05) is 51.7 Å². The van der Waals surface area contributed by atoms with Crippen LogP contribution in [0, 0.1) is 0 Å². The molecule has 7 heteroatoms. The molecule has 0 bridgehead atoms. The first-order chi connectivity index (χ1) is 20.1. The molecule has 3 aliphatic heterocycles. The fourth-order valence-electron chi connectivity index (χ4n) is 7.18. The van der Waals surface area contributed by atoms with Gasteiger partial charge in [-0.25, -0.2) is 8.73 Å². The normalized spacial score (nSPS) is 21.6. The van der Waals surface area contributed by atoms with Gasteiger partial charge in [0.05, 0.1) is 22.7 Å².